The molecule has 1 saturated heterocycles. The SMILES string of the molecule is Cc1cc(C)c(N2CCC(O)C(C)(C)C2)c(Cl)c1. The van der Waals surface area contributed by atoms with Crippen LogP contribution >= 0.6 is 11.6 Å². The van der Waals surface area contributed by atoms with Crippen molar-refractivity contribution in [2.45, 2.75) is 40.2 Å². The molecule has 1 atom stereocenters. The molecule has 2 rings (SSSR count). The average Bonchev–Trinajstić information content (AvgIpc) is 2.21. The van der Waals surface area contributed by atoms with Crippen LogP contribution in [-0.4, -0.2) is 24.3 Å². The van der Waals surface area contributed by atoms with Crippen LogP contribution in [0.5, 0.6) is 0 Å². The van der Waals surface area contributed by atoms with E-state index in [1.807, 2.05) is 6.07 Å². The third-order valence-electron chi connectivity index (χ3n) is 3.89. The largest absolute Gasteiger partial charge is 0.392 e. The second kappa shape index (κ2) is 4.75. The van der Waals surface area contributed by atoms with Crippen molar-refractivity contribution in [1.29, 1.82) is 0 Å². The fourth-order valence-corrected chi connectivity index (χ4v) is 3.29. The highest BCUT2D eigenvalue weighted by atomic mass is 35.5. The minimum Gasteiger partial charge on any atom is -0.392 e. The van der Waals surface area contributed by atoms with Gasteiger partial charge in [-0.25, -0.2) is 0 Å². The maximum absolute atomic E-state index is 10.0. The lowest BCUT2D eigenvalue weighted by Gasteiger charge is -2.43. The Morgan fingerprint density at radius 1 is 1.33 bits per heavy atom. The minimum atomic E-state index is -0.224. The molecule has 100 valence electrons. The Hall–Kier alpha value is -0.730. The van der Waals surface area contributed by atoms with Gasteiger partial charge in [-0.15, -0.1) is 0 Å². The summed E-state index contributed by atoms with van der Waals surface area (Å²) in [5, 5.41) is 10.8. The van der Waals surface area contributed by atoms with Crippen LogP contribution in [0.4, 0.5) is 5.69 Å². The first kappa shape index (κ1) is 13.7. The Bertz CT molecular complexity index is 433. The summed E-state index contributed by atoms with van der Waals surface area (Å²) < 4.78 is 0. The molecule has 0 amide bonds. The normalized spacial score (nSPS) is 23.2. The quantitative estimate of drug-likeness (QED) is 0.841. The highest BCUT2D eigenvalue weighted by Crippen LogP contribution is 2.37. The number of nitrogens with zero attached hydrogens (tertiary/aromatic N) is 1. The summed E-state index contributed by atoms with van der Waals surface area (Å²) in [6, 6.07) is 4.18. The van der Waals surface area contributed by atoms with Gasteiger partial charge in [0.15, 0.2) is 0 Å². The molecule has 1 N–H and O–H groups in total. The zero-order valence-electron chi connectivity index (χ0n) is 11.6. The van der Waals surface area contributed by atoms with E-state index in [2.05, 4.69) is 38.7 Å². The van der Waals surface area contributed by atoms with Crippen molar-refractivity contribution in [3.05, 3.63) is 28.3 Å². The number of halogens is 1. The van der Waals surface area contributed by atoms with Crippen LogP contribution in [0, 0.1) is 19.3 Å². The first-order valence-electron chi connectivity index (χ1n) is 6.51. The zero-order chi connectivity index (χ0) is 13.5. The van der Waals surface area contributed by atoms with Gasteiger partial charge in [-0.3, -0.25) is 0 Å². The Morgan fingerprint density at radius 2 is 2.00 bits per heavy atom. The summed E-state index contributed by atoms with van der Waals surface area (Å²) in [5.74, 6) is 0. The average molecular weight is 268 g/mol. The molecule has 0 bridgehead atoms. The van der Waals surface area contributed by atoms with Gasteiger partial charge in [0, 0.05) is 18.5 Å². The lowest BCUT2D eigenvalue weighted by atomic mass is 9.81. The molecule has 1 unspecified atom stereocenters. The van der Waals surface area contributed by atoms with E-state index in [0.717, 1.165) is 30.2 Å². The minimum absolute atomic E-state index is 0.0844. The number of rotatable bonds is 1. The Labute approximate surface area is 115 Å². The van der Waals surface area contributed by atoms with Gasteiger partial charge in [0.05, 0.1) is 16.8 Å². The van der Waals surface area contributed by atoms with Gasteiger partial charge in [0.2, 0.25) is 0 Å². The van der Waals surface area contributed by atoms with Gasteiger partial charge < -0.3 is 10.0 Å². The highest BCUT2D eigenvalue weighted by molar-refractivity contribution is 6.33. The highest BCUT2D eigenvalue weighted by Gasteiger charge is 2.35. The van der Waals surface area contributed by atoms with Crippen LogP contribution in [-0.2, 0) is 0 Å². The van der Waals surface area contributed by atoms with Crippen LogP contribution in [0.1, 0.15) is 31.4 Å². The summed E-state index contributed by atoms with van der Waals surface area (Å²) in [6.45, 7) is 10.1. The first-order chi connectivity index (χ1) is 8.31. The predicted molar refractivity (Wildman–Crippen MR) is 77.5 cm³/mol. The van der Waals surface area contributed by atoms with Crippen molar-refractivity contribution < 1.29 is 5.11 Å². The van der Waals surface area contributed by atoms with Crippen molar-refractivity contribution in [2.24, 2.45) is 5.41 Å². The van der Waals surface area contributed by atoms with Crippen molar-refractivity contribution in [3.8, 4) is 0 Å². The van der Waals surface area contributed by atoms with Gasteiger partial charge in [0.1, 0.15) is 0 Å². The van der Waals surface area contributed by atoms with E-state index in [-0.39, 0.29) is 11.5 Å². The van der Waals surface area contributed by atoms with E-state index in [1.54, 1.807) is 0 Å². The molecule has 1 heterocycles. The van der Waals surface area contributed by atoms with Crippen molar-refractivity contribution >= 4 is 17.3 Å². The molecule has 1 aromatic rings. The van der Waals surface area contributed by atoms with Crippen molar-refractivity contribution in [1.82, 2.24) is 0 Å². The van der Waals surface area contributed by atoms with Crippen molar-refractivity contribution in [2.75, 3.05) is 18.0 Å². The van der Waals surface area contributed by atoms with Gasteiger partial charge in [-0.2, -0.15) is 0 Å². The molecule has 3 heteroatoms. The number of aliphatic hydroxyl groups is 1. The van der Waals surface area contributed by atoms with Crippen LogP contribution in [0.2, 0.25) is 5.02 Å². The van der Waals surface area contributed by atoms with E-state index >= 15 is 0 Å². The molecular formula is C15H22ClNO. The summed E-state index contributed by atoms with van der Waals surface area (Å²) >= 11 is 6.39. The second-order valence-corrected chi connectivity index (χ2v) is 6.53. The number of hydrogen-bond donors (Lipinski definition) is 1. The van der Waals surface area contributed by atoms with Crippen LogP contribution in [0.15, 0.2) is 12.1 Å². The first-order valence-corrected chi connectivity index (χ1v) is 6.89. The van der Waals surface area contributed by atoms with E-state index in [4.69, 9.17) is 11.6 Å². The van der Waals surface area contributed by atoms with Gasteiger partial charge in [0.25, 0.3) is 0 Å². The summed E-state index contributed by atoms with van der Waals surface area (Å²) in [6.07, 6.45) is 0.578. The molecule has 2 nitrogen and oxygen atoms in total. The molecule has 1 fully saturated rings. The number of piperidine rings is 1. The van der Waals surface area contributed by atoms with E-state index < -0.39 is 0 Å². The Morgan fingerprint density at radius 3 is 2.56 bits per heavy atom. The molecule has 0 saturated carbocycles. The van der Waals surface area contributed by atoms with E-state index in [0.29, 0.717) is 0 Å². The molecule has 0 radical (unpaired) electrons. The number of anilines is 1. The Kier molecular flexibility index (Phi) is 3.61. The summed E-state index contributed by atoms with van der Waals surface area (Å²) in [4.78, 5) is 2.31. The number of hydrogen-bond acceptors (Lipinski definition) is 2. The third-order valence-corrected chi connectivity index (χ3v) is 4.18. The maximum Gasteiger partial charge on any atom is 0.0644 e. The number of aliphatic hydroxyl groups excluding tert-OH is 1. The zero-order valence-corrected chi connectivity index (χ0v) is 12.4. The van der Waals surface area contributed by atoms with E-state index in [9.17, 15) is 5.11 Å². The molecule has 1 aliphatic heterocycles. The lowest BCUT2D eigenvalue weighted by molar-refractivity contribution is 0.0336. The smallest absolute Gasteiger partial charge is 0.0644 e. The van der Waals surface area contributed by atoms with Crippen LogP contribution in [0.3, 0.4) is 0 Å². The Balaban J connectivity index is 2.33. The third kappa shape index (κ3) is 2.50. The van der Waals surface area contributed by atoms with Gasteiger partial charge >= 0.3 is 0 Å². The molecule has 1 aromatic carbocycles. The fourth-order valence-electron chi connectivity index (χ4n) is 2.84. The molecule has 0 aliphatic carbocycles. The molecule has 18 heavy (non-hydrogen) atoms. The standard InChI is InChI=1S/C15H22ClNO/c1-10-7-11(2)14(12(16)8-10)17-6-5-13(18)15(3,4)9-17/h7-8,13,18H,5-6,9H2,1-4H3. The molecule has 0 aromatic heterocycles. The van der Waals surface area contributed by atoms with Gasteiger partial charge in [-0.1, -0.05) is 31.5 Å². The van der Waals surface area contributed by atoms with Gasteiger partial charge in [-0.05, 0) is 37.5 Å². The lowest BCUT2D eigenvalue weighted by Crippen LogP contribution is -2.49. The molecular weight excluding hydrogens is 246 g/mol. The fraction of sp³-hybridized carbons (Fsp3) is 0.600. The second-order valence-electron chi connectivity index (χ2n) is 6.13. The topological polar surface area (TPSA) is 23.5 Å². The summed E-state index contributed by atoms with van der Waals surface area (Å²) in [7, 11) is 0. The molecule has 0 spiro atoms. The predicted octanol–water partition coefficient (Wildman–Crippen LogP) is 3.55. The summed E-state index contributed by atoms with van der Waals surface area (Å²) in [5.41, 5.74) is 3.45. The van der Waals surface area contributed by atoms with Crippen LogP contribution < -0.4 is 4.90 Å². The van der Waals surface area contributed by atoms with E-state index in [1.165, 1.54) is 11.1 Å². The molecule has 1 aliphatic rings. The number of benzene rings is 1. The maximum atomic E-state index is 10.0. The van der Waals surface area contributed by atoms with Crippen molar-refractivity contribution in [3.63, 3.8) is 0 Å². The number of aryl methyl sites for hydroxylation is 2. The monoisotopic (exact) mass is 267 g/mol. The van der Waals surface area contributed by atoms with Crippen LogP contribution in [0.25, 0.3) is 0 Å².